The zero-order valence-electron chi connectivity index (χ0n) is 7.71. The van der Waals surface area contributed by atoms with E-state index in [1.165, 1.54) is 11.8 Å². The van der Waals surface area contributed by atoms with Crippen molar-refractivity contribution < 1.29 is 9.59 Å². The van der Waals surface area contributed by atoms with Crippen molar-refractivity contribution >= 4 is 23.6 Å². The van der Waals surface area contributed by atoms with E-state index in [0.717, 1.165) is 6.42 Å². The summed E-state index contributed by atoms with van der Waals surface area (Å²) in [6, 6.07) is 0. The maximum Gasteiger partial charge on any atom is 0.239 e. The van der Waals surface area contributed by atoms with E-state index in [0.29, 0.717) is 18.8 Å². The second kappa shape index (κ2) is 5.11. The molecule has 0 saturated carbocycles. The number of hydrogen-bond acceptors (Lipinski definition) is 3. The lowest BCUT2D eigenvalue weighted by atomic mass is 10.4. The molecule has 1 heterocycles. The van der Waals surface area contributed by atoms with Gasteiger partial charge in [0.1, 0.15) is 0 Å². The lowest BCUT2D eigenvalue weighted by Gasteiger charge is -2.17. The van der Waals surface area contributed by atoms with Gasteiger partial charge in [0, 0.05) is 13.1 Å². The molecule has 1 rings (SSSR count). The molecule has 0 bridgehead atoms. The quantitative estimate of drug-likeness (QED) is 0.668. The first-order chi connectivity index (χ1) is 6.24. The lowest BCUT2D eigenvalue weighted by molar-refractivity contribution is -0.133. The molecule has 0 aromatic heterocycles. The molecule has 0 radical (unpaired) electrons. The monoisotopic (exact) mass is 202 g/mol. The summed E-state index contributed by atoms with van der Waals surface area (Å²) in [7, 11) is 0. The average Bonchev–Trinajstić information content (AvgIpc) is 2.30. The second-order valence-corrected chi connectivity index (χ2v) is 3.82. The minimum atomic E-state index is -0.0491. The fourth-order valence-corrected chi connectivity index (χ4v) is 1.66. The molecule has 0 aromatic rings. The van der Waals surface area contributed by atoms with Gasteiger partial charge < -0.3 is 10.2 Å². The van der Waals surface area contributed by atoms with Gasteiger partial charge in [-0.15, -0.1) is 0 Å². The molecule has 74 valence electrons. The Morgan fingerprint density at radius 3 is 3.15 bits per heavy atom. The summed E-state index contributed by atoms with van der Waals surface area (Å²) < 4.78 is 0. The van der Waals surface area contributed by atoms with Crippen LogP contribution in [0.3, 0.4) is 0 Å². The van der Waals surface area contributed by atoms with Gasteiger partial charge in [-0.1, -0.05) is 0 Å². The third kappa shape index (κ3) is 3.26. The van der Waals surface area contributed by atoms with Crippen LogP contribution in [0.2, 0.25) is 0 Å². The van der Waals surface area contributed by atoms with Crippen LogP contribution in [-0.2, 0) is 9.59 Å². The van der Waals surface area contributed by atoms with E-state index >= 15 is 0 Å². The minimum Gasteiger partial charge on any atom is -0.354 e. The van der Waals surface area contributed by atoms with Crippen molar-refractivity contribution in [2.75, 3.05) is 31.6 Å². The molecule has 5 heteroatoms. The molecule has 1 saturated heterocycles. The molecule has 2 amide bonds. The van der Waals surface area contributed by atoms with Crippen molar-refractivity contribution in [3.63, 3.8) is 0 Å². The molecule has 13 heavy (non-hydrogen) atoms. The smallest absolute Gasteiger partial charge is 0.239 e. The Hall–Kier alpha value is -0.710. The summed E-state index contributed by atoms with van der Waals surface area (Å²) in [5.74, 6) is 0.476. The van der Waals surface area contributed by atoms with Crippen LogP contribution in [0.4, 0.5) is 0 Å². The Morgan fingerprint density at radius 2 is 2.46 bits per heavy atom. The van der Waals surface area contributed by atoms with E-state index in [2.05, 4.69) is 5.32 Å². The zero-order valence-corrected chi connectivity index (χ0v) is 8.52. The van der Waals surface area contributed by atoms with Gasteiger partial charge in [-0.05, 0) is 12.7 Å². The highest BCUT2D eigenvalue weighted by molar-refractivity contribution is 7.99. The molecule has 1 aliphatic rings. The van der Waals surface area contributed by atoms with Gasteiger partial charge in [-0.3, -0.25) is 9.59 Å². The molecule has 0 spiro atoms. The average molecular weight is 202 g/mol. The number of carbonyl (C=O) groups is 2. The van der Waals surface area contributed by atoms with Gasteiger partial charge in [-0.2, -0.15) is 11.8 Å². The maximum atomic E-state index is 11.4. The summed E-state index contributed by atoms with van der Waals surface area (Å²) in [5, 5.41) is 2.73. The van der Waals surface area contributed by atoms with Crippen LogP contribution in [0.1, 0.15) is 6.42 Å². The van der Waals surface area contributed by atoms with E-state index in [9.17, 15) is 9.59 Å². The molecule has 0 aromatic carbocycles. The number of nitrogens with zero attached hydrogens (tertiary/aromatic N) is 1. The molecule has 4 nitrogen and oxygen atoms in total. The number of amides is 2. The van der Waals surface area contributed by atoms with Crippen molar-refractivity contribution in [1.29, 1.82) is 0 Å². The number of rotatable bonds is 2. The van der Waals surface area contributed by atoms with Gasteiger partial charge in [0.15, 0.2) is 0 Å². The van der Waals surface area contributed by atoms with E-state index in [4.69, 9.17) is 0 Å². The van der Waals surface area contributed by atoms with E-state index in [1.807, 2.05) is 6.26 Å². The summed E-state index contributed by atoms with van der Waals surface area (Å²) in [5.41, 5.74) is 0. The van der Waals surface area contributed by atoms with E-state index < -0.39 is 0 Å². The van der Waals surface area contributed by atoms with Crippen LogP contribution in [0.25, 0.3) is 0 Å². The molecule has 1 aliphatic heterocycles. The Kier molecular flexibility index (Phi) is 4.08. The van der Waals surface area contributed by atoms with E-state index in [-0.39, 0.29) is 18.4 Å². The Bertz CT molecular complexity index is 208. The number of nitrogens with one attached hydrogen (secondary N) is 1. The van der Waals surface area contributed by atoms with Gasteiger partial charge >= 0.3 is 0 Å². The Morgan fingerprint density at radius 1 is 1.69 bits per heavy atom. The SMILES string of the molecule is CSCC(=O)N1CCCNC(=O)C1. The molecular weight excluding hydrogens is 188 g/mol. The molecule has 1 N–H and O–H groups in total. The Balaban J connectivity index is 2.47. The highest BCUT2D eigenvalue weighted by atomic mass is 32.2. The summed E-state index contributed by atoms with van der Waals surface area (Å²) in [6.45, 7) is 1.60. The molecule has 0 unspecified atom stereocenters. The first-order valence-electron chi connectivity index (χ1n) is 4.27. The zero-order chi connectivity index (χ0) is 9.68. The highest BCUT2D eigenvalue weighted by Gasteiger charge is 2.18. The number of hydrogen-bond donors (Lipinski definition) is 1. The predicted octanol–water partition coefficient (Wildman–Crippen LogP) is -0.302. The Labute approximate surface area is 82.0 Å². The maximum absolute atomic E-state index is 11.4. The van der Waals surface area contributed by atoms with Crippen LogP contribution in [0, 0.1) is 0 Å². The fraction of sp³-hybridized carbons (Fsp3) is 0.750. The van der Waals surface area contributed by atoms with Crippen LogP contribution >= 0.6 is 11.8 Å². The molecular formula is C8H14N2O2S. The highest BCUT2D eigenvalue weighted by Crippen LogP contribution is 2.01. The van der Waals surface area contributed by atoms with Crippen LogP contribution in [0.5, 0.6) is 0 Å². The van der Waals surface area contributed by atoms with Crippen molar-refractivity contribution in [3.05, 3.63) is 0 Å². The third-order valence-electron chi connectivity index (χ3n) is 1.88. The van der Waals surface area contributed by atoms with Crippen LogP contribution < -0.4 is 5.32 Å². The third-order valence-corrected chi connectivity index (χ3v) is 2.42. The second-order valence-electron chi connectivity index (χ2n) is 2.95. The fourth-order valence-electron chi connectivity index (χ4n) is 1.23. The van der Waals surface area contributed by atoms with Gasteiger partial charge in [0.25, 0.3) is 0 Å². The lowest BCUT2D eigenvalue weighted by Crippen LogP contribution is -2.38. The topological polar surface area (TPSA) is 49.4 Å². The summed E-state index contributed by atoms with van der Waals surface area (Å²) in [6.07, 6.45) is 2.74. The number of carbonyl (C=O) groups excluding carboxylic acids is 2. The molecule has 0 aliphatic carbocycles. The van der Waals surface area contributed by atoms with E-state index in [1.54, 1.807) is 4.90 Å². The van der Waals surface area contributed by atoms with Crippen molar-refractivity contribution in [2.45, 2.75) is 6.42 Å². The molecule has 0 atom stereocenters. The van der Waals surface area contributed by atoms with Crippen molar-refractivity contribution in [3.8, 4) is 0 Å². The van der Waals surface area contributed by atoms with Crippen molar-refractivity contribution in [2.24, 2.45) is 0 Å². The first kappa shape index (κ1) is 10.4. The largest absolute Gasteiger partial charge is 0.354 e. The standard InChI is InChI=1S/C8H14N2O2S/c1-13-6-8(12)10-4-2-3-9-7(11)5-10/h2-6H2,1H3,(H,9,11). The summed E-state index contributed by atoms with van der Waals surface area (Å²) in [4.78, 5) is 24.1. The molecule has 1 fully saturated rings. The summed E-state index contributed by atoms with van der Waals surface area (Å²) >= 11 is 1.49. The predicted molar refractivity (Wildman–Crippen MR) is 52.6 cm³/mol. The number of thioether (sulfide) groups is 1. The minimum absolute atomic E-state index is 0.0491. The van der Waals surface area contributed by atoms with Crippen LogP contribution in [0.15, 0.2) is 0 Å². The van der Waals surface area contributed by atoms with Crippen molar-refractivity contribution in [1.82, 2.24) is 10.2 Å². The first-order valence-corrected chi connectivity index (χ1v) is 5.67. The van der Waals surface area contributed by atoms with Gasteiger partial charge in [0.05, 0.1) is 12.3 Å². The van der Waals surface area contributed by atoms with Crippen LogP contribution in [-0.4, -0.2) is 48.4 Å². The van der Waals surface area contributed by atoms with Gasteiger partial charge in [-0.25, -0.2) is 0 Å². The van der Waals surface area contributed by atoms with Gasteiger partial charge in [0.2, 0.25) is 11.8 Å². The normalized spacial score (nSPS) is 17.9.